The number of amides is 3. The highest BCUT2D eigenvalue weighted by Gasteiger charge is 2.33. The van der Waals surface area contributed by atoms with Gasteiger partial charge in [-0.1, -0.05) is 13.3 Å². The Labute approximate surface area is 224 Å². The van der Waals surface area contributed by atoms with Crippen LogP contribution in [0.3, 0.4) is 0 Å². The van der Waals surface area contributed by atoms with Crippen LogP contribution in [0.4, 0.5) is 11.4 Å². The third-order valence-electron chi connectivity index (χ3n) is 6.17. The molecule has 1 atom stereocenters. The van der Waals surface area contributed by atoms with Crippen molar-refractivity contribution in [2.45, 2.75) is 44.4 Å². The molecule has 0 aliphatic carbocycles. The molecule has 2 aromatic carbocycles. The number of ether oxygens (including phenoxy) is 1. The van der Waals surface area contributed by atoms with Crippen molar-refractivity contribution in [1.82, 2.24) is 9.62 Å². The second-order valence-corrected chi connectivity index (χ2v) is 10.9. The van der Waals surface area contributed by atoms with Crippen molar-refractivity contribution < 1.29 is 27.5 Å². The van der Waals surface area contributed by atoms with Gasteiger partial charge >= 0.3 is 0 Å². The first-order valence-corrected chi connectivity index (χ1v) is 14.4. The lowest BCUT2D eigenvalue weighted by Gasteiger charge is -2.16. The lowest BCUT2D eigenvalue weighted by Crippen LogP contribution is -2.29. The largest absolute Gasteiger partial charge is 0.382 e. The lowest BCUT2D eigenvalue weighted by molar-refractivity contribution is -0.128. The number of unbranched alkanes of at least 4 members (excludes halogenated alkanes) is 1. The summed E-state index contributed by atoms with van der Waals surface area (Å²) in [6, 6.07) is 12.3. The van der Waals surface area contributed by atoms with Crippen molar-refractivity contribution in [2.75, 3.05) is 43.5 Å². The zero-order valence-electron chi connectivity index (χ0n) is 21.9. The molecule has 0 radical (unpaired) electrons. The molecule has 1 fully saturated rings. The minimum Gasteiger partial charge on any atom is -0.382 e. The quantitative estimate of drug-likeness (QED) is 0.313. The van der Waals surface area contributed by atoms with Crippen molar-refractivity contribution in [1.29, 1.82) is 0 Å². The van der Waals surface area contributed by atoms with E-state index in [1.54, 1.807) is 29.2 Å². The zero-order chi connectivity index (χ0) is 27.5. The van der Waals surface area contributed by atoms with Crippen LogP contribution in [0.25, 0.3) is 0 Å². The number of carbonyl (C=O) groups excluding carboxylic acids is 3. The monoisotopic (exact) mass is 544 g/mol. The van der Waals surface area contributed by atoms with E-state index >= 15 is 0 Å². The van der Waals surface area contributed by atoms with Gasteiger partial charge in [0, 0.05) is 56.2 Å². The third-order valence-corrected chi connectivity index (χ3v) is 7.64. The summed E-state index contributed by atoms with van der Waals surface area (Å²) in [4.78, 5) is 39.2. The normalized spacial score (nSPS) is 15.5. The van der Waals surface area contributed by atoms with Crippen molar-refractivity contribution in [2.24, 2.45) is 5.92 Å². The molecule has 10 nitrogen and oxygen atoms in total. The molecule has 3 rings (SSSR count). The Balaban J connectivity index is 1.50. The molecule has 2 aromatic rings. The van der Waals surface area contributed by atoms with E-state index in [9.17, 15) is 22.8 Å². The first-order valence-electron chi connectivity index (χ1n) is 12.9. The van der Waals surface area contributed by atoms with Gasteiger partial charge in [0.2, 0.25) is 21.8 Å². The fourth-order valence-corrected chi connectivity index (χ4v) is 5.07. The van der Waals surface area contributed by atoms with Crippen LogP contribution >= 0.6 is 0 Å². The summed E-state index contributed by atoms with van der Waals surface area (Å²) in [5, 5.41) is 5.56. The third kappa shape index (κ3) is 8.37. The SMILES string of the molecule is CCCCN1CC(C(=O)Nc2ccc(C(=O)Nc3ccc(S(=O)(=O)NCCCOCC)cc3)cc2)CC1=O. The van der Waals surface area contributed by atoms with Gasteiger partial charge in [-0.2, -0.15) is 0 Å². The highest BCUT2D eigenvalue weighted by atomic mass is 32.2. The van der Waals surface area contributed by atoms with Crippen molar-refractivity contribution in [3.8, 4) is 0 Å². The van der Waals surface area contributed by atoms with E-state index in [1.807, 2.05) is 6.92 Å². The van der Waals surface area contributed by atoms with Gasteiger partial charge in [0.15, 0.2) is 0 Å². The number of nitrogens with one attached hydrogen (secondary N) is 3. The molecule has 38 heavy (non-hydrogen) atoms. The van der Waals surface area contributed by atoms with Crippen LogP contribution in [0.15, 0.2) is 53.4 Å². The van der Waals surface area contributed by atoms with Crippen molar-refractivity contribution in [3.05, 3.63) is 54.1 Å². The second-order valence-electron chi connectivity index (χ2n) is 9.09. The molecule has 11 heteroatoms. The number of benzene rings is 2. The molecule has 0 spiro atoms. The highest BCUT2D eigenvalue weighted by molar-refractivity contribution is 7.89. The summed E-state index contributed by atoms with van der Waals surface area (Å²) in [6.07, 6.45) is 2.68. The fraction of sp³-hybridized carbons (Fsp3) is 0.444. The molecule has 1 saturated heterocycles. The summed E-state index contributed by atoms with van der Waals surface area (Å²) in [6.45, 7) is 6.38. The maximum absolute atomic E-state index is 12.6. The number of carbonyl (C=O) groups is 3. The van der Waals surface area contributed by atoms with Gasteiger partial charge < -0.3 is 20.3 Å². The standard InChI is InChI=1S/C27H36N4O6S/c1-3-5-16-31-19-21(18-25(31)32)27(34)30-22-9-7-20(8-10-22)26(33)29-23-11-13-24(14-12-23)38(35,36)28-15-6-17-37-4-2/h7-14,21,28H,3-6,15-19H2,1-2H3,(H,29,33)(H,30,34). The van der Waals surface area contributed by atoms with Crippen LogP contribution < -0.4 is 15.4 Å². The molecule has 3 N–H and O–H groups in total. The predicted molar refractivity (Wildman–Crippen MR) is 145 cm³/mol. The Bertz CT molecular complexity index is 1200. The van der Waals surface area contributed by atoms with Crippen molar-refractivity contribution >= 4 is 39.1 Å². The topological polar surface area (TPSA) is 134 Å². The summed E-state index contributed by atoms with van der Waals surface area (Å²) < 4.78 is 32.5. The summed E-state index contributed by atoms with van der Waals surface area (Å²) >= 11 is 0. The maximum atomic E-state index is 12.6. The number of anilines is 2. The average Bonchev–Trinajstić information content (AvgIpc) is 3.28. The number of hydrogen-bond donors (Lipinski definition) is 3. The van der Waals surface area contributed by atoms with Crippen LogP contribution in [-0.2, 0) is 24.3 Å². The van der Waals surface area contributed by atoms with E-state index in [0.717, 1.165) is 12.8 Å². The molecule has 1 aliphatic rings. The Hall–Kier alpha value is -3.28. The minimum atomic E-state index is -3.65. The van der Waals surface area contributed by atoms with E-state index in [-0.39, 0.29) is 41.5 Å². The van der Waals surface area contributed by atoms with Gasteiger partial charge in [-0.25, -0.2) is 13.1 Å². The summed E-state index contributed by atoms with van der Waals surface area (Å²) in [5.74, 6) is -0.974. The van der Waals surface area contributed by atoms with Crippen LogP contribution in [0.5, 0.6) is 0 Å². The Morgan fingerprint density at radius 1 is 0.974 bits per heavy atom. The van der Waals surface area contributed by atoms with Gasteiger partial charge in [0.25, 0.3) is 5.91 Å². The van der Waals surface area contributed by atoms with E-state index in [0.29, 0.717) is 49.7 Å². The molecule has 1 aliphatic heterocycles. The molecule has 1 heterocycles. The van der Waals surface area contributed by atoms with E-state index in [1.165, 1.54) is 24.3 Å². The molecular weight excluding hydrogens is 508 g/mol. The minimum absolute atomic E-state index is 0.00465. The van der Waals surface area contributed by atoms with E-state index in [2.05, 4.69) is 22.3 Å². The van der Waals surface area contributed by atoms with Crippen LogP contribution in [0.1, 0.15) is 49.9 Å². The predicted octanol–water partition coefficient (Wildman–Crippen LogP) is 3.23. The first kappa shape index (κ1) is 29.3. The van der Waals surface area contributed by atoms with Crippen LogP contribution in [-0.4, -0.2) is 63.9 Å². The smallest absolute Gasteiger partial charge is 0.255 e. The molecule has 0 saturated carbocycles. The van der Waals surface area contributed by atoms with Gasteiger partial charge in [0.05, 0.1) is 10.8 Å². The van der Waals surface area contributed by atoms with Gasteiger partial charge in [-0.15, -0.1) is 0 Å². The summed E-state index contributed by atoms with van der Waals surface area (Å²) in [5.41, 5.74) is 1.35. The van der Waals surface area contributed by atoms with Gasteiger partial charge in [-0.3, -0.25) is 14.4 Å². The zero-order valence-corrected chi connectivity index (χ0v) is 22.7. The van der Waals surface area contributed by atoms with Crippen molar-refractivity contribution in [3.63, 3.8) is 0 Å². The Morgan fingerprint density at radius 3 is 2.29 bits per heavy atom. The molecule has 3 amide bonds. The average molecular weight is 545 g/mol. The summed E-state index contributed by atoms with van der Waals surface area (Å²) in [7, 11) is -3.65. The molecule has 1 unspecified atom stereocenters. The van der Waals surface area contributed by atoms with Gasteiger partial charge in [0.1, 0.15) is 0 Å². The molecule has 0 aromatic heterocycles. The van der Waals surface area contributed by atoms with Crippen LogP contribution in [0, 0.1) is 5.92 Å². The molecular formula is C27H36N4O6S. The maximum Gasteiger partial charge on any atom is 0.255 e. The first-order chi connectivity index (χ1) is 18.2. The second kappa shape index (κ2) is 14.0. The van der Waals surface area contributed by atoms with Gasteiger partial charge in [-0.05, 0) is 68.3 Å². The Kier molecular flexibility index (Phi) is 10.8. The van der Waals surface area contributed by atoms with E-state index in [4.69, 9.17) is 4.74 Å². The van der Waals surface area contributed by atoms with Crippen LogP contribution in [0.2, 0.25) is 0 Å². The highest BCUT2D eigenvalue weighted by Crippen LogP contribution is 2.21. The number of likely N-dealkylation sites (tertiary alicyclic amines) is 1. The number of sulfonamides is 1. The lowest BCUT2D eigenvalue weighted by atomic mass is 10.1. The number of nitrogens with zero attached hydrogens (tertiary/aromatic N) is 1. The Morgan fingerprint density at radius 2 is 1.63 bits per heavy atom. The molecule has 0 bridgehead atoms. The fourth-order valence-electron chi connectivity index (χ4n) is 3.99. The molecule has 206 valence electrons. The van der Waals surface area contributed by atoms with E-state index < -0.39 is 10.0 Å². The number of rotatable bonds is 14. The number of hydrogen-bond acceptors (Lipinski definition) is 6.